The van der Waals surface area contributed by atoms with Crippen LogP contribution in [0.5, 0.6) is 0 Å². The molecule has 0 spiro atoms. The molecule has 2 bridgehead atoms. The zero-order valence-corrected chi connectivity index (χ0v) is 9.60. The van der Waals surface area contributed by atoms with Gasteiger partial charge < -0.3 is 4.74 Å². The van der Waals surface area contributed by atoms with Crippen LogP contribution in [0.25, 0.3) is 0 Å². The molecule has 1 heteroatoms. The molecule has 2 aromatic carbocycles. The maximum absolute atomic E-state index is 6.18. The maximum Gasteiger partial charge on any atom is 0.0876 e. The highest BCUT2D eigenvalue weighted by Crippen LogP contribution is 2.44. The molecule has 2 aliphatic heterocycles. The zero-order valence-electron chi connectivity index (χ0n) is 9.60. The van der Waals surface area contributed by atoms with Gasteiger partial charge in [0.2, 0.25) is 0 Å². The van der Waals surface area contributed by atoms with Crippen molar-refractivity contribution >= 4 is 0 Å². The smallest absolute Gasteiger partial charge is 0.0876 e. The Bertz CT molecular complexity index is 522. The zero-order chi connectivity index (χ0) is 11.2. The van der Waals surface area contributed by atoms with E-state index < -0.39 is 0 Å². The summed E-state index contributed by atoms with van der Waals surface area (Å²) in [5.74, 6) is 0. The molecule has 2 atom stereocenters. The Morgan fingerprint density at radius 2 is 1.18 bits per heavy atom. The van der Waals surface area contributed by atoms with Crippen molar-refractivity contribution < 1.29 is 4.74 Å². The van der Waals surface area contributed by atoms with Gasteiger partial charge >= 0.3 is 0 Å². The Kier molecular flexibility index (Phi) is 1.91. The second-order valence-electron chi connectivity index (χ2n) is 4.92. The largest absolute Gasteiger partial charge is 0.365 e. The van der Waals surface area contributed by atoms with Crippen LogP contribution in [0.4, 0.5) is 0 Å². The van der Waals surface area contributed by atoms with Gasteiger partial charge in [0.25, 0.3) is 0 Å². The van der Waals surface area contributed by atoms with Crippen LogP contribution < -0.4 is 0 Å². The van der Waals surface area contributed by atoms with E-state index in [0.717, 1.165) is 12.8 Å². The molecule has 0 N–H and O–H groups in total. The van der Waals surface area contributed by atoms with Gasteiger partial charge in [-0.2, -0.15) is 0 Å². The molecule has 0 unspecified atom stereocenters. The van der Waals surface area contributed by atoms with Gasteiger partial charge in [-0.3, -0.25) is 0 Å². The summed E-state index contributed by atoms with van der Waals surface area (Å²) >= 11 is 0. The summed E-state index contributed by atoms with van der Waals surface area (Å²) in [6.45, 7) is 0. The average molecular weight is 222 g/mol. The van der Waals surface area contributed by atoms with Gasteiger partial charge in [0.05, 0.1) is 12.2 Å². The minimum absolute atomic E-state index is 0.264. The first kappa shape index (κ1) is 9.43. The Balaban J connectivity index is 1.86. The Labute approximate surface area is 101 Å². The molecule has 0 fully saturated rings. The van der Waals surface area contributed by atoms with Crippen LogP contribution in [0.3, 0.4) is 0 Å². The Morgan fingerprint density at radius 1 is 0.706 bits per heavy atom. The number of rotatable bonds is 0. The monoisotopic (exact) mass is 222 g/mol. The predicted molar refractivity (Wildman–Crippen MR) is 66.9 cm³/mol. The van der Waals surface area contributed by atoms with Gasteiger partial charge in [-0.05, 0) is 22.3 Å². The molecule has 0 aromatic heterocycles. The van der Waals surface area contributed by atoms with Crippen LogP contribution in [-0.2, 0) is 17.6 Å². The first-order chi connectivity index (χ1) is 8.42. The van der Waals surface area contributed by atoms with E-state index in [1.54, 1.807) is 0 Å². The van der Waals surface area contributed by atoms with Gasteiger partial charge in [-0.15, -0.1) is 0 Å². The first-order valence-electron chi connectivity index (χ1n) is 6.23. The van der Waals surface area contributed by atoms with Crippen molar-refractivity contribution in [2.24, 2.45) is 0 Å². The van der Waals surface area contributed by atoms with Crippen molar-refractivity contribution in [3.05, 3.63) is 70.8 Å². The molecule has 0 radical (unpaired) electrons. The summed E-state index contributed by atoms with van der Waals surface area (Å²) in [7, 11) is 0. The molecule has 0 saturated carbocycles. The standard InChI is InChI=1S/C16H14O/c1-3-7-13-11(5-1)9-15-14-8-4-2-6-12(14)10-16(13)17-15/h1-8,15-16H,9-10H2/t15-,16-/m0/s1. The molecular weight excluding hydrogens is 208 g/mol. The summed E-state index contributed by atoms with van der Waals surface area (Å²) in [5.41, 5.74) is 5.70. The highest BCUT2D eigenvalue weighted by atomic mass is 16.5. The lowest BCUT2D eigenvalue weighted by Crippen LogP contribution is -2.27. The van der Waals surface area contributed by atoms with E-state index in [4.69, 9.17) is 4.74 Å². The van der Waals surface area contributed by atoms with Crippen molar-refractivity contribution in [1.82, 2.24) is 0 Å². The van der Waals surface area contributed by atoms with Gasteiger partial charge in [0.1, 0.15) is 0 Å². The van der Waals surface area contributed by atoms with E-state index in [-0.39, 0.29) is 12.2 Å². The minimum atomic E-state index is 0.264. The lowest BCUT2D eigenvalue weighted by molar-refractivity contribution is -0.0392. The van der Waals surface area contributed by atoms with Crippen molar-refractivity contribution in [2.75, 3.05) is 0 Å². The van der Waals surface area contributed by atoms with Crippen molar-refractivity contribution in [2.45, 2.75) is 25.0 Å². The third kappa shape index (κ3) is 1.36. The molecule has 0 aliphatic carbocycles. The third-order valence-electron chi connectivity index (χ3n) is 3.94. The van der Waals surface area contributed by atoms with E-state index in [1.807, 2.05) is 0 Å². The van der Waals surface area contributed by atoms with Crippen LogP contribution in [0, 0.1) is 0 Å². The highest BCUT2D eigenvalue weighted by molar-refractivity contribution is 5.41. The third-order valence-corrected chi connectivity index (χ3v) is 3.94. The van der Waals surface area contributed by atoms with Gasteiger partial charge in [0, 0.05) is 12.8 Å². The summed E-state index contributed by atoms with van der Waals surface area (Å²) < 4.78 is 6.18. The number of benzene rings is 2. The molecule has 0 saturated heterocycles. The lowest BCUT2D eigenvalue weighted by Gasteiger charge is -2.38. The van der Waals surface area contributed by atoms with E-state index in [1.165, 1.54) is 22.3 Å². The van der Waals surface area contributed by atoms with E-state index >= 15 is 0 Å². The highest BCUT2D eigenvalue weighted by Gasteiger charge is 2.33. The average Bonchev–Trinajstić information content (AvgIpc) is 2.39. The molecule has 2 aliphatic rings. The van der Waals surface area contributed by atoms with E-state index in [2.05, 4.69) is 48.5 Å². The Morgan fingerprint density at radius 3 is 1.71 bits per heavy atom. The Hall–Kier alpha value is -1.60. The van der Waals surface area contributed by atoms with Crippen molar-refractivity contribution in [3.8, 4) is 0 Å². The molecule has 17 heavy (non-hydrogen) atoms. The number of fused-ring (bicyclic) bond motifs is 6. The van der Waals surface area contributed by atoms with Crippen LogP contribution in [-0.4, -0.2) is 0 Å². The maximum atomic E-state index is 6.18. The second-order valence-corrected chi connectivity index (χ2v) is 4.92. The van der Waals surface area contributed by atoms with Crippen molar-refractivity contribution in [1.29, 1.82) is 0 Å². The number of ether oxygens (including phenoxy) is 1. The summed E-state index contributed by atoms with van der Waals surface area (Å²) in [6.07, 6.45) is 2.56. The summed E-state index contributed by atoms with van der Waals surface area (Å²) in [6, 6.07) is 17.4. The molecule has 84 valence electrons. The quantitative estimate of drug-likeness (QED) is 0.661. The second kappa shape index (κ2) is 3.44. The van der Waals surface area contributed by atoms with Gasteiger partial charge in [0.15, 0.2) is 0 Å². The molecular formula is C16H14O. The van der Waals surface area contributed by atoms with E-state index in [9.17, 15) is 0 Å². The summed E-state index contributed by atoms with van der Waals surface area (Å²) in [5, 5.41) is 0. The molecule has 0 amide bonds. The van der Waals surface area contributed by atoms with Crippen molar-refractivity contribution in [3.63, 3.8) is 0 Å². The van der Waals surface area contributed by atoms with Gasteiger partial charge in [-0.1, -0.05) is 48.5 Å². The fraction of sp³-hybridized carbons (Fsp3) is 0.250. The SMILES string of the molecule is c1ccc2c(c1)C[C@@H]1O[C@H]2Cc2ccccc21. The first-order valence-corrected chi connectivity index (χ1v) is 6.23. The molecule has 4 rings (SSSR count). The topological polar surface area (TPSA) is 9.23 Å². The summed E-state index contributed by atoms with van der Waals surface area (Å²) in [4.78, 5) is 0. The lowest BCUT2D eigenvalue weighted by atomic mass is 9.82. The number of hydrogen-bond acceptors (Lipinski definition) is 1. The van der Waals surface area contributed by atoms with Crippen LogP contribution >= 0.6 is 0 Å². The van der Waals surface area contributed by atoms with E-state index in [0.29, 0.717) is 0 Å². The van der Waals surface area contributed by atoms with Gasteiger partial charge in [-0.25, -0.2) is 0 Å². The number of hydrogen-bond donors (Lipinski definition) is 0. The van der Waals surface area contributed by atoms with Crippen LogP contribution in [0.2, 0.25) is 0 Å². The van der Waals surface area contributed by atoms with Crippen LogP contribution in [0.1, 0.15) is 34.5 Å². The molecule has 1 nitrogen and oxygen atoms in total. The molecule has 2 heterocycles. The fourth-order valence-corrected chi connectivity index (χ4v) is 3.13. The van der Waals surface area contributed by atoms with Crippen LogP contribution in [0.15, 0.2) is 48.5 Å². The fourth-order valence-electron chi connectivity index (χ4n) is 3.13. The predicted octanol–water partition coefficient (Wildman–Crippen LogP) is 3.60. The normalized spacial score (nSPS) is 24.9. The minimum Gasteiger partial charge on any atom is -0.365 e. The molecule has 2 aromatic rings.